The maximum Gasteiger partial charge on any atom is 0.336 e. The number of aliphatic hydroxyl groups is 1. The lowest BCUT2D eigenvalue weighted by Crippen LogP contribution is -2.52. The first-order valence-corrected chi connectivity index (χ1v) is 15.1. The predicted molar refractivity (Wildman–Crippen MR) is 166 cm³/mol. The van der Waals surface area contributed by atoms with Crippen molar-refractivity contribution in [2.24, 2.45) is 0 Å². The molecule has 0 spiro atoms. The standard InChI is InChI=1S/C31H37N7O8/c1-18-22-17-33-30(35-27(22)38(20-6-4-5-7-20)28(42)26(18)19(2)39)34-23-9-8-21(16-32-23)36-10-12-37(13-11-36)24(40)14-31(45,29(43)44)15-25(41)46-3/h8-9,16-17,20,45H,4-7,10-15H2,1-3H3,(H,43,44)(H,32,33,34,35). The number of piperazine rings is 1. The molecule has 0 bridgehead atoms. The van der Waals surface area contributed by atoms with Crippen LogP contribution in [0.25, 0.3) is 11.0 Å². The normalized spacial score (nSPS) is 16.7. The highest BCUT2D eigenvalue weighted by Crippen LogP contribution is 2.32. The Morgan fingerprint density at radius 2 is 1.74 bits per heavy atom. The van der Waals surface area contributed by atoms with Crippen molar-refractivity contribution < 1.29 is 34.1 Å². The Kier molecular flexibility index (Phi) is 9.32. The van der Waals surface area contributed by atoms with Gasteiger partial charge in [0.15, 0.2) is 11.4 Å². The second kappa shape index (κ2) is 13.2. The summed E-state index contributed by atoms with van der Waals surface area (Å²) in [5.41, 5.74) is -0.854. The summed E-state index contributed by atoms with van der Waals surface area (Å²) < 4.78 is 6.11. The van der Waals surface area contributed by atoms with E-state index in [2.05, 4.69) is 20.0 Å². The zero-order valence-corrected chi connectivity index (χ0v) is 26.0. The highest BCUT2D eigenvalue weighted by atomic mass is 16.5. The monoisotopic (exact) mass is 635 g/mol. The van der Waals surface area contributed by atoms with Crippen molar-refractivity contribution in [3.8, 4) is 0 Å². The maximum absolute atomic E-state index is 13.5. The van der Waals surface area contributed by atoms with Gasteiger partial charge in [0.2, 0.25) is 11.9 Å². The van der Waals surface area contributed by atoms with Crippen LogP contribution in [0.3, 0.4) is 0 Å². The third-order valence-electron chi connectivity index (χ3n) is 8.74. The van der Waals surface area contributed by atoms with Crippen LogP contribution in [0.15, 0.2) is 29.3 Å². The molecule has 5 rings (SSSR count). The second-order valence-electron chi connectivity index (χ2n) is 11.8. The van der Waals surface area contributed by atoms with Crippen molar-refractivity contribution in [1.29, 1.82) is 0 Å². The Labute approximate surface area is 264 Å². The number of hydrogen-bond donors (Lipinski definition) is 3. The van der Waals surface area contributed by atoms with Gasteiger partial charge in [0, 0.05) is 43.8 Å². The molecular weight excluding hydrogens is 598 g/mol. The number of carboxylic acid groups (broad SMARTS) is 1. The molecule has 15 heteroatoms. The van der Waals surface area contributed by atoms with Gasteiger partial charge in [-0.15, -0.1) is 0 Å². The summed E-state index contributed by atoms with van der Waals surface area (Å²) in [6.45, 7) is 4.59. The molecule has 0 radical (unpaired) electrons. The van der Waals surface area contributed by atoms with E-state index in [1.165, 1.54) is 11.8 Å². The number of carbonyl (C=O) groups is 4. The van der Waals surface area contributed by atoms with E-state index >= 15 is 0 Å². The van der Waals surface area contributed by atoms with E-state index in [0.717, 1.165) is 38.5 Å². The van der Waals surface area contributed by atoms with Crippen molar-refractivity contribution in [3.63, 3.8) is 0 Å². The van der Waals surface area contributed by atoms with Gasteiger partial charge >= 0.3 is 11.9 Å². The molecule has 4 heterocycles. The summed E-state index contributed by atoms with van der Waals surface area (Å²) in [6, 6.07) is 3.58. The number of carboxylic acids is 1. The van der Waals surface area contributed by atoms with Gasteiger partial charge in [0.05, 0.1) is 37.4 Å². The number of hydrogen-bond acceptors (Lipinski definition) is 12. The molecule has 0 aromatic carbocycles. The van der Waals surface area contributed by atoms with Gasteiger partial charge in [-0.1, -0.05) is 12.8 Å². The number of rotatable bonds is 10. The fourth-order valence-electron chi connectivity index (χ4n) is 6.17. The summed E-state index contributed by atoms with van der Waals surface area (Å²) in [5, 5.41) is 23.6. The van der Waals surface area contributed by atoms with Crippen LogP contribution < -0.4 is 15.8 Å². The number of amides is 1. The summed E-state index contributed by atoms with van der Waals surface area (Å²) in [6.07, 6.45) is 5.40. The van der Waals surface area contributed by atoms with E-state index in [0.29, 0.717) is 35.5 Å². The predicted octanol–water partition coefficient (Wildman–Crippen LogP) is 1.97. The van der Waals surface area contributed by atoms with E-state index in [1.807, 2.05) is 11.0 Å². The highest BCUT2D eigenvalue weighted by Gasteiger charge is 2.42. The number of carbonyl (C=O) groups excluding carboxylic acids is 3. The molecule has 1 aliphatic carbocycles. The first-order valence-electron chi connectivity index (χ1n) is 15.1. The Hall–Kier alpha value is -4.92. The molecule has 1 saturated heterocycles. The number of ether oxygens (including phenoxy) is 1. The number of fused-ring (bicyclic) bond motifs is 1. The van der Waals surface area contributed by atoms with E-state index in [9.17, 15) is 34.2 Å². The van der Waals surface area contributed by atoms with Crippen LogP contribution >= 0.6 is 0 Å². The molecule has 3 N–H and O–H groups in total. The molecule has 1 unspecified atom stereocenters. The zero-order valence-electron chi connectivity index (χ0n) is 26.0. The number of aliphatic carboxylic acids is 1. The van der Waals surface area contributed by atoms with Crippen molar-refractivity contribution in [1.82, 2.24) is 24.4 Å². The third kappa shape index (κ3) is 6.54. The number of aryl methyl sites for hydroxylation is 1. The van der Waals surface area contributed by atoms with Gasteiger partial charge < -0.3 is 30.1 Å². The minimum Gasteiger partial charge on any atom is -0.479 e. The number of Topliss-reactive ketones (excluding diaryl/α,β-unsaturated/α-hetero) is 1. The molecule has 244 valence electrons. The lowest BCUT2D eigenvalue weighted by atomic mass is 9.94. The van der Waals surface area contributed by atoms with Gasteiger partial charge in [-0.05, 0) is 44.4 Å². The van der Waals surface area contributed by atoms with Crippen molar-refractivity contribution in [2.45, 2.75) is 64.0 Å². The molecule has 15 nitrogen and oxygen atoms in total. The van der Waals surface area contributed by atoms with E-state index in [-0.39, 0.29) is 42.0 Å². The van der Waals surface area contributed by atoms with Crippen molar-refractivity contribution in [2.75, 3.05) is 43.5 Å². The lowest BCUT2D eigenvalue weighted by molar-refractivity contribution is -0.170. The third-order valence-corrected chi connectivity index (χ3v) is 8.74. The fourth-order valence-corrected chi connectivity index (χ4v) is 6.17. The topological polar surface area (TPSA) is 197 Å². The smallest absolute Gasteiger partial charge is 0.336 e. The minimum atomic E-state index is -2.55. The molecule has 2 fully saturated rings. The van der Waals surface area contributed by atoms with Crippen LogP contribution in [0.4, 0.5) is 17.5 Å². The molecule has 1 saturated carbocycles. The zero-order chi connectivity index (χ0) is 33.2. The molecule has 3 aromatic rings. The summed E-state index contributed by atoms with van der Waals surface area (Å²) >= 11 is 0. The highest BCUT2D eigenvalue weighted by molar-refractivity contribution is 5.99. The second-order valence-corrected chi connectivity index (χ2v) is 11.8. The van der Waals surface area contributed by atoms with Gasteiger partial charge in [-0.3, -0.25) is 23.7 Å². The number of anilines is 3. The van der Waals surface area contributed by atoms with E-state index in [4.69, 9.17) is 4.98 Å². The maximum atomic E-state index is 13.5. The summed E-state index contributed by atoms with van der Waals surface area (Å²) in [7, 11) is 1.07. The number of ketones is 1. The van der Waals surface area contributed by atoms with Crippen LogP contribution in [-0.2, 0) is 19.1 Å². The number of esters is 1. The van der Waals surface area contributed by atoms with E-state index in [1.54, 1.807) is 30.0 Å². The van der Waals surface area contributed by atoms with Crippen LogP contribution in [0.5, 0.6) is 0 Å². The van der Waals surface area contributed by atoms with Gasteiger partial charge in [-0.25, -0.2) is 14.8 Å². The van der Waals surface area contributed by atoms with Crippen LogP contribution in [0.2, 0.25) is 0 Å². The first-order chi connectivity index (χ1) is 21.9. The molecule has 3 aromatic heterocycles. The Bertz CT molecular complexity index is 1730. The SMILES string of the molecule is COC(=O)CC(O)(CC(=O)N1CCN(c2ccc(Nc3ncc4c(C)c(C(C)=O)c(=O)n(C5CCCC5)c4n3)nc2)CC1)C(=O)O. The average molecular weight is 636 g/mol. The molecular formula is C31H37N7O8. The Morgan fingerprint density at radius 1 is 1.04 bits per heavy atom. The lowest BCUT2D eigenvalue weighted by Gasteiger charge is -2.37. The number of pyridine rings is 2. The van der Waals surface area contributed by atoms with E-state index < -0.39 is 36.3 Å². The Balaban J connectivity index is 1.26. The Morgan fingerprint density at radius 3 is 2.33 bits per heavy atom. The first kappa shape index (κ1) is 32.5. The molecule has 46 heavy (non-hydrogen) atoms. The van der Waals surface area contributed by atoms with Crippen LogP contribution in [-0.4, -0.2) is 97.2 Å². The van der Waals surface area contributed by atoms with Crippen LogP contribution in [0.1, 0.15) is 67.4 Å². The minimum absolute atomic E-state index is 0.0344. The molecule has 2 aliphatic rings. The number of aromatic nitrogens is 4. The van der Waals surface area contributed by atoms with Crippen molar-refractivity contribution >= 4 is 52.1 Å². The quantitative estimate of drug-likeness (QED) is 0.216. The summed E-state index contributed by atoms with van der Waals surface area (Å²) in [5.74, 6) is -2.72. The largest absolute Gasteiger partial charge is 0.479 e. The number of nitrogens with one attached hydrogen (secondary N) is 1. The average Bonchev–Trinajstić information content (AvgIpc) is 3.55. The van der Waals surface area contributed by atoms with Crippen LogP contribution in [0, 0.1) is 6.92 Å². The molecule has 1 aliphatic heterocycles. The van der Waals surface area contributed by atoms with Gasteiger partial charge in [0.25, 0.3) is 5.56 Å². The fraction of sp³-hybridized carbons (Fsp3) is 0.484. The molecule has 1 amide bonds. The van der Waals surface area contributed by atoms with Crippen molar-refractivity contribution in [3.05, 3.63) is 46.0 Å². The number of methoxy groups -OCH3 is 1. The van der Waals surface area contributed by atoms with Gasteiger partial charge in [0.1, 0.15) is 11.5 Å². The molecule has 1 atom stereocenters. The number of nitrogens with zero attached hydrogens (tertiary/aromatic N) is 6. The summed E-state index contributed by atoms with van der Waals surface area (Å²) in [4.78, 5) is 78.8. The van der Waals surface area contributed by atoms with Gasteiger partial charge in [-0.2, -0.15) is 4.98 Å².